The Morgan fingerprint density at radius 3 is 2.57 bits per heavy atom. The zero-order chi connectivity index (χ0) is 20.1. The molecule has 0 amide bonds. The minimum absolute atomic E-state index is 0.147. The van der Waals surface area contributed by atoms with Crippen molar-refractivity contribution in [3.8, 4) is 5.75 Å². The molecule has 0 spiro atoms. The lowest BCUT2D eigenvalue weighted by molar-refractivity contribution is 0.0697. The molecule has 3 aromatic rings. The second-order valence-electron chi connectivity index (χ2n) is 6.02. The molecule has 0 saturated heterocycles. The highest BCUT2D eigenvalue weighted by atomic mass is 79.9. The number of nitrogens with one attached hydrogen (secondary N) is 1. The van der Waals surface area contributed by atoms with Crippen LogP contribution in [0.4, 0.5) is 10.1 Å². The third-order valence-corrected chi connectivity index (χ3v) is 4.84. The average Bonchev–Trinajstić information content (AvgIpc) is 2.67. The molecule has 0 heterocycles. The van der Waals surface area contributed by atoms with Crippen molar-refractivity contribution in [2.24, 2.45) is 0 Å². The summed E-state index contributed by atoms with van der Waals surface area (Å²) in [5.74, 6) is -0.659. The van der Waals surface area contributed by atoms with Crippen LogP contribution >= 0.6 is 27.5 Å². The van der Waals surface area contributed by atoms with E-state index in [4.69, 9.17) is 21.4 Å². The van der Waals surface area contributed by atoms with Gasteiger partial charge in [-0.25, -0.2) is 9.18 Å². The van der Waals surface area contributed by atoms with Crippen molar-refractivity contribution in [3.05, 3.63) is 92.7 Å². The van der Waals surface area contributed by atoms with Crippen molar-refractivity contribution >= 4 is 39.2 Å². The quantitative estimate of drug-likeness (QED) is 0.441. The van der Waals surface area contributed by atoms with Gasteiger partial charge in [0.2, 0.25) is 0 Å². The monoisotopic (exact) mass is 463 g/mol. The van der Waals surface area contributed by atoms with Crippen molar-refractivity contribution < 1.29 is 19.0 Å². The molecule has 4 nitrogen and oxygen atoms in total. The van der Waals surface area contributed by atoms with Gasteiger partial charge in [0.05, 0.1) is 16.3 Å². The average molecular weight is 465 g/mol. The van der Waals surface area contributed by atoms with Crippen LogP contribution in [0.1, 0.15) is 21.5 Å². The Morgan fingerprint density at radius 2 is 1.86 bits per heavy atom. The maximum absolute atomic E-state index is 13.0. The smallest absolute Gasteiger partial charge is 0.335 e. The molecule has 28 heavy (non-hydrogen) atoms. The number of carbonyl (C=O) groups is 1. The Labute approximate surface area is 175 Å². The maximum Gasteiger partial charge on any atom is 0.335 e. The third-order valence-electron chi connectivity index (χ3n) is 4.01. The summed E-state index contributed by atoms with van der Waals surface area (Å²) in [5, 5.41) is 12.7. The van der Waals surface area contributed by atoms with Gasteiger partial charge in [-0.15, -0.1) is 0 Å². The molecule has 0 aliphatic carbocycles. The number of hydrogen-bond donors (Lipinski definition) is 2. The van der Waals surface area contributed by atoms with E-state index in [2.05, 4.69) is 21.2 Å². The molecular weight excluding hydrogens is 449 g/mol. The van der Waals surface area contributed by atoms with Gasteiger partial charge in [-0.1, -0.05) is 39.7 Å². The first-order valence-electron chi connectivity index (χ1n) is 8.35. The zero-order valence-electron chi connectivity index (χ0n) is 14.6. The highest BCUT2D eigenvalue weighted by Gasteiger charge is 2.10. The Kier molecular flexibility index (Phi) is 6.54. The predicted octanol–water partition coefficient (Wildman–Crippen LogP) is 6.13. The Balaban J connectivity index is 1.75. The number of benzene rings is 3. The van der Waals surface area contributed by atoms with Crippen molar-refractivity contribution in [2.45, 2.75) is 13.2 Å². The van der Waals surface area contributed by atoms with Gasteiger partial charge in [-0.05, 0) is 54.1 Å². The van der Waals surface area contributed by atoms with Gasteiger partial charge in [0.1, 0.15) is 18.2 Å². The second kappa shape index (κ2) is 9.08. The second-order valence-corrected chi connectivity index (χ2v) is 7.34. The van der Waals surface area contributed by atoms with Crippen LogP contribution in [0.15, 0.2) is 65.1 Å². The zero-order valence-corrected chi connectivity index (χ0v) is 16.9. The van der Waals surface area contributed by atoms with Gasteiger partial charge in [0.25, 0.3) is 0 Å². The molecule has 144 valence electrons. The van der Waals surface area contributed by atoms with Crippen LogP contribution in [0.2, 0.25) is 5.02 Å². The van der Waals surface area contributed by atoms with E-state index >= 15 is 0 Å². The van der Waals surface area contributed by atoms with E-state index < -0.39 is 5.97 Å². The number of anilines is 1. The van der Waals surface area contributed by atoms with Crippen LogP contribution in [-0.4, -0.2) is 11.1 Å². The first-order valence-corrected chi connectivity index (χ1v) is 9.52. The SMILES string of the molecule is O=C(O)c1ccc(Cl)c(NCc2cc(Br)ccc2OCc2ccc(F)cc2)c1. The number of carboxylic acids is 1. The van der Waals surface area contributed by atoms with E-state index in [1.165, 1.54) is 24.3 Å². The molecule has 3 rings (SSSR count). The molecule has 0 unspecified atom stereocenters. The van der Waals surface area contributed by atoms with Crippen molar-refractivity contribution in [1.82, 2.24) is 0 Å². The number of hydrogen-bond acceptors (Lipinski definition) is 3. The molecule has 0 aliphatic heterocycles. The molecule has 7 heteroatoms. The highest BCUT2D eigenvalue weighted by molar-refractivity contribution is 9.10. The lowest BCUT2D eigenvalue weighted by Crippen LogP contribution is -2.05. The van der Waals surface area contributed by atoms with Gasteiger partial charge >= 0.3 is 5.97 Å². The molecule has 2 N–H and O–H groups in total. The molecule has 0 fully saturated rings. The highest BCUT2D eigenvalue weighted by Crippen LogP contribution is 2.28. The van der Waals surface area contributed by atoms with Crippen LogP contribution < -0.4 is 10.1 Å². The summed E-state index contributed by atoms with van der Waals surface area (Å²) in [5.41, 5.74) is 2.37. The van der Waals surface area contributed by atoms with Crippen molar-refractivity contribution in [2.75, 3.05) is 5.32 Å². The van der Waals surface area contributed by atoms with Crippen LogP contribution in [0.3, 0.4) is 0 Å². The predicted molar refractivity (Wildman–Crippen MR) is 111 cm³/mol. The Hall–Kier alpha value is -2.57. The van der Waals surface area contributed by atoms with Crippen molar-refractivity contribution in [1.29, 1.82) is 0 Å². The van der Waals surface area contributed by atoms with E-state index in [1.54, 1.807) is 18.2 Å². The van der Waals surface area contributed by atoms with Crippen LogP contribution in [0.5, 0.6) is 5.75 Å². The van der Waals surface area contributed by atoms with Gasteiger partial charge in [0, 0.05) is 16.6 Å². The fourth-order valence-corrected chi connectivity index (χ4v) is 3.15. The summed E-state index contributed by atoms with van der Waals surface area (Å²) in [4.78, 5) is 11.2. The molecule has 0 saturated carbocycles. The lowest BCUT2D eigenvalue weighted by atomic mass is 10.1. The summed E-state index contributed by atoms with van der Waals surface area (Å²) in [6, 6.07) is 16.2. The normalized spacial score (nSPS) is 10.5. The number of rotatable bonds is 7. The van der Waals surface area contributed by atoms with Crippen LogP contribution in [-0.2, 0) is 13.2 Å². The van der Waals surface area contributed by atoms with E-state index in [9.17, 15) is 9.18 Å². The minimum Gasteiger partial charge on any atom is -0.489 e. The first-order chi connectivity index (χ1) is 13.4. The van der Waals surface area contributed by atoms with Crippen LogP contribution in [0.25, 0.3) is 0 Å². The summed E-state index contributed by atoms with van der Waals surface area (Å²) in [6.45, 7) is 0.672. The fraction of sp³-hybridized carbons (Fsp3) is 0.0952. The molecule has 0 atom stereocenters. The standard InChI is InChI=1S/C21H16BrClFNO3/c22-16-4-8-20(28-12-13-1-5-17(24)6-2-13)15(9-16)11-25-19-10-14(21(26)27)3-7-18(19)23/h1-10,25H,11-12H2,(H,26,27). The van der Waals surface area contributed by atoms with E-state index in [0.717, 1.165) is 15.6 Å². The Morgan fingerprint density at radius 1 is 1.11 bits per heavy atom. The van der Waals surface area contributed by atoms with E-state index in [1.807, 2.05) is 18.2 Å². The van der Waals surface area contributed by atoms with E-state index in [0.29, 0.717) is 29.6 Å². The minimum atomic E-state index is -1.02. The number of carboxylic acid groups (broad SMARTS) is 1. The van der Waals surface area contributed by atoms with Crippen LogP contribution in [0, 0.1) is 5.82 Å². The molecule has 3 aromatic carbocycles. The summed E-state index contributed by atoms with van der Waals surface area (Å²) in [6.07, 6.45) is 0. The molecule has 0 radical (unpaired) electrons. The molecule has 0 aliphatic rings. The van der Waals surface area contributed by atoms with Crippen molar-refractivity contribution in [3.63, 3.8) is 0 Å². The number of aromatic carboxylic acids is 1. The first kappa shape index (κ1) is 20.2. The number of ether oxygens (including phenoxy) is 1. The maximum atomic E-state index is 13.0. The van der Waals surface area contributed by atoms with E-state index in [-0.39, 0.29) is 11.4 Å². The lowest BCUT2D eigenvalue weighted by Gasteiger charge is -2.14. The fourth-order valence-electron chi connectivity index (χ4n) is 2.55. The third kappa shape index (κ3) is 5.24. The molecule has 0 aromatic heterocycles. The summed E-state index contributed by atoms with van der Waals surface area (Å²) in [7, 11) is 0. The summed E-state index contributed by atoms with van der Waals surface area (Å²) >= 11 is 9.61. The van der Waals surface area contributed by atoms with Gasteiger partial charge < -0.3 is 15.2 Å². The molecule has 0 bridgehead atoms. The van der Waals surface area contributed by atoms with Gasteiger partial charge in [-0.3, -0.25) is 0 Å². The molecular formula is C21H16BrClFNO3. The largest absolute Gasteiger partial charge is 0.489 e. The number of halogens is 3. The Bertz CT molecular complexity index is 995. The van der Waals surface area contributed by atoms with Gasteiger partial charge in [-0.2, -0.15) is 0 Å². The topological polar surface area (TPSA) is 58.6 Å². The van der Waals surface area contributed by atoms with Gasteiger partial charge in [0.15, 0.2) is 0 Å². The summed E-state index contributed by atoms with van der Waals surface area (Å²) < 4.78 is 19.8.